The lowest BCUT2D eigenvalue weighted by Crippen LogP contribution is -2.40. The number of nitrogens with two attached hydrogens (primary N) is 1. The van der Waals surface area contributed by atoms with Gasteiger partial charge in [0.1, 0.15) is 17.2 Å². The first-order valence-electron chi connectivity index (χ1n) is 7.23. The third kappa shape index (κ3) is 7.48. The van der Waals surface area contributed by atoms with Crippen LogP contribution in [0.3, 0.4) is 0 Å². The molecule has 5 heteroatoms. The number of rotatable bonds is 7. The van der Waals surface area contributed by atoms with Gasteiger partial charge in [-0.15, -0.1) is 0 Å². The summed E-state index contributed by atoms with van der Waals surface area (Å²) in [6.07, 6.45) is 1.81. The predicted octanol–water partition coefficient (Wildman–Crippen LogP) is 2.56. The molecule has 0 spiro atoms. The van der Waals surface area contributed by atoms with Crippen LogP contribution in [0.2, 0.25) is 0 Å². The molecule has 5 nitrogen and oxygen atoms in total. The van der Waals surface area contributed by atoms with E-state index in [0.717, 1.165) is 12.8 Å². The molecule has 118 valence electrons. The molecular formula is C15H29NO4. The van der Waals surface area contributed by atoms with Crippen LogP contribution in [0.1, 0.15) is 67.2 Å². The zero-order valence-corrected chi connectivity index (χ0v) is 13.6. The molecule has 0 radical (unpaired) electrons. The molecule has 0 aliphatic carbocycles. The number of ether oxygens (including phenoxy) is 2. The van der Waals surface area contributed by atoms with Gasteiger partial charge in [-0.2, -0.15) is 0 Å². The van der Waals surface area contributed by atoms with Gasteiger partial charge in [0.15, 0.2) is 0 Å². The normalized spacial score (nSPS) is 13.8. The Morgan fingerprint density at radius 1 is 1.05 bits per heavy atom. The number of carbonyl (C=O) groups excluding carboxylic acids is 2. The Morgan fingerprint density at radius 2 is 1.55 bits per heavy atom. The summed E-state index contributed by atoms with van der Waals surface area (Å²) in [7, 11) is 0. The Balaban J connectivity index is 4.25. The summed E-state index contributed by atoms with van der Waals surface area (Å²) in [6, 6.07) is -0.792. The highest BCUT2D eigenvalue weighted by Crippen LogP contribution is 2.20. The maximum absolute atomic E-state index is 11.9. The minimum absolute atomic E-state index is 0.114. The van der Waals surface area contributed by atoms with Crippen molar-refractivity contribution >= 4 is 11.9 Å². The molecule has 0 saturated carbocycles. The summed E-state index contributed by atoms with van der Waals surface area (Å²) in [5.74, 6) is -0.811. The topological polar surface area (TPSA) is 78.6 Å². The molecule has 0 aromatic heterocycles. The van der Waals surface area contributed by atoms with E-state index in [4.69, 9.17) is 15.2 Å². The Morgan fingerprint density at radius 3 is 1.95 bits per heavy atom. The van der Waals surface area contributed by atoms with E-state index >= 15 is 0 Å². The monoisotopic (exact) mass is 287 g/mol. The highest BCUT2D eigenvalue weighted by molar-refractivity contribution is 5.77. The van der Waals surface area contributed by atoms with E-state index in [1.54, 1.807) is 20.8 Å². The van der Waals surface area contributed by atoms with Gasteiger partial charge < -0.3 is 15.2 Å². The van der Waals surface area contributed by atoms with Crippen LogP contribution in [0, 0.1) is 0 Å². The van der Waals surface area contributed by atoms with E-state index in [9.17, 15) is 9.59 Å². The highest BCUT2D eigenvalue weighted by atomic mass is 16.6. The summed E-state index contributed by atoms with van der Waals surface area (Å²) in [4.78, 5) is 23.4. The van der Waals surface area contributed by atoms with E-state index in [1.807, 2.05) is 20.8 Å². The van der Waals surface area contributed by atoms with Crippen LogP contribution in [0.5, 0.6) is 0 Å². The molecule has 0 rings (SSSR count). The van der Waals surface area contributed by atoms with Crippen molar-refractivity contribution in [3.05, 3.63) is 0 Å². The molecule has 0 heterocycles. The van der Waals surface area contributed by atoms with Crippen LogP contribution in [-0.2, 0) is 19.1 Å². The molecule has 0 aromatic rings. The molecular weight excluding hydrogens is 258 g/mol. The minimum atomic E-state index is -0.792. The fraction of sp³-hybridized carbons (Fsp3) is 0.867. The van der Waals surface area contributed by atoms with E-state index in [-0.39, 0.29) is 18.8 Å². The van der Waals surface area contributed by atoms with Gasteiger partial charge in [-0.05, 0) is 47.0 Å². The summed E-state index contributed by atoms with van der Waals surface area (Å²) < 4.78 is 10.6. The number of hydrogen-bond donors (Lipinski definition) is 1. The summed E-state index contributed by atoms with van der Waals surface area (Å²) in [5.41, 5.74) is 4.75. The average molecular weight is 287 g/mol. The lowest BCUT2D eigenvalue weighted by Gasteiger charge is -2.28. The van der Waals surface area contributed by atoms with Crippen LogP contribution in [0.15, 0.2) is 0 Å². The third-order valence-electron chi connectivity index (χ3n) is 3.23. The lowest BCUT2D eigenvalue weighted by atomic mass is 10.00. The fourth-order valence-electron chi connectivity index (χ4n) is 1.50. The van der Waals surface area contributed by atoms with Crippen LogP contribution in [0.4, 0.5) is 0 Å². The molecule has 0 aromatic carbocycles. The van der Waals surface area contributed by atoms with Crippen molar-refractivity contribution in [2.24, 2.45) is 5.73 Å². The van der Waals surface area contributed by atoms with Gasteiger partial charge in [0.05, 0.1) is 0 Å². The van der Waals surface area contributed by atoms with Crippen LogP contribution >= 0.6 is 0 Å². The van der Waals surface area contributed by atoms with Crippen LogP contribution < -0.4 is 5.73 Å². The van der Waals surface area contributed by atoms with Crippen molar-refractivity contribution in [3.8, 4) is 0 Å². The summed E-state index contributed by atoms with van der Waals surface area (Å²) in [6.45, 7) is 11.2. The Bertz CT molecular complexity index is 329. The first-order chi connectivity index (χ1) is 9.03. The quantitative estimate of drug-likeness (QED) is 0.728. The smallest absolute Gasteiger partial charge is 0.323 e. The molecule has 20 heavy (non-hydrogen) atoms. The van der Waals surface area contributed by atoms with Crippen molar-refractivity contribution in [2.45, 2.75) is 84.5 Å². The Kier molecular flexibility index (Phi) is 7.20. The fourth-order valence-corrected chi connectivity index (χ4v) is 1.50. The molecule has 0 unspecified atom stereocenters. The maximum Gasteiger partial charge on any atom is 0.323 e. The van der Waals surface area contributed by atoms with E-state index in [2.05, 4.69) is 0 Å². The Hall–Kier alpha value is -1.10. The molecule has 0 aliphatic rings. The number of esters is 2. The molecule has 2 N–H and O–H groups in total. The minimum Gasteiger partial charge on any atom is -0.460 e. The van der Waals surface area contributed by atoms with Gasteiger partial charge in [0, 0.05) is 6.42 Å². The molecule has 0 amide bonds. The largest absolute Gasteiger partial charge is 0.460 e. The number of carbonyl (C=O) groups is 2. The highest BCUT2D eigenvalue weighted by Gasteiger charge is 2.28. The van der Waals surface area contributed by atoms with Gasteiger partial charge in [-0.1, -0.05) is 13.8 Å². The number of hydrogen-bond acceptors (Lipinski definition) is 5. The standard InChI is InChI=1S/C15H29NO4/c1-7-15(6,8-2)20-13(18)11(16)9-10-12(17)19-14(3,4)5/h11H,7-10,16H2,1-6H3/t11-/m0/s1. The molecule has 0 aliphatic heterocycles. The molecule has 1 atom stereocenters. The van der Waals surface area contributed by atoms with Gasteiger partial charge in [-0.3, -0.25) is 9.59 Å². The first-order valence-corrected chi connectivity index (χ1v) is 7.23. The van der Waals surface area contributed by atoms with E-state index in [1.165, 1.54) is 0 Å². The van der Waals surface area contributed by atoms with Crippen molar-refractivity contribution < 1.29 is 19.1 Å². The van der Waals surface area contributed by atoms with Crippen molar-refractivity contribution in [1.29, 1.82) is 0 Å². The second kappa shape index (κ2) is 7.62. The van der Waals surface area contributed by atoms with Crippen molar-refractivity contribution in [3.63, 3.8) is 0 Å². The summed E-state index contributed by atoms with van der Waals surface area (Å²) >= 11 is 0. The zero-order chi connectivity index (χ0) is 16.0. The summed E-state index contributed by atoms with van der Waals surface area (Å²) in [5, 5.41) is 0. The lowest BCUT2D eigenvalue weighted by molar-refractivity contribution is -0.161. The van der Waals surface area contributed by atoms with Gasteiger partial charge in [-0.25, -0.2) is 0 Å². The van der Waals surface area contributed by atoms with Crippen molar-refractivity contribution in [1.82, 2.24) is 0 Å². The molecule has 0 fully saturated rings. The average Bonchev–Trinajstić information content (AvgIpc) is 2.33. The van der Waals surface area contributed by atoms with E-state index < -0.39 is 23.2 Å². The predicted molar refractivity (Wildman–Crippen MR) is 78.1 cm³/mol. The first kappa shape index (κ1) is 18.9. The second-order valence-corrected chi connectivity index (χ2v) is 6.31. The van der Waals surface area contributed by atoms with Gasteiger partial charge in [0.25, 0.3) is 0 Å². The van der Waals surface area contributed by atoms with Crippen LogP contribution in [0.25, 0.3) is 0 Å². The van der Waals surface area contributed by atoms with Gasteiger partial charge in [0.2, 0.25) is 0 Å². The second-order valence-electron chi connectivity index (χ2n) is 6.31. The molecule has 0 saturated heterocycles. The molecule has 0 bridgehead atoms. The third-order valence-corrected chi connectivity index (χ3v) is 3.23. The van der Waals surface area contributed by atoms with Gasteiger partial charge >= 0.3 is 11.9 Å². The van der Waals surface area contributed by atoms with Crippen molar-refractivity contribution in [2.75, 3.05) is 0 Å². The SMILES string of the molecule is CCC(C)(CC)OC(=O)[C@@H](N)CCC(=O)OC(C)(C)C. The Labute approximate surface area is 122 Å². The van der Waals surface area contributed by atoms with Crippen LogP contribution in [-0.4, -0.2) is 29.2 Å². The van der Waals surface area contributed by atoms with E-state index in [0.29, 0.717) is 0 Å². The zero-order valence-electron chi connectivity index (χ0n) is 13.6. The maximum atomic E-state index is 11.9.